The summed E-state index contributed by atoms with van der Waals surface area (Å²) < 4.78 is 235. The van der Waals surface area contributed by atoms with Crippen LogP contribution in [0.4, 0.5) is 79.0 Å². The molecule has 0 N–H and O–H groups in total. The van der Waals surface area contributed by atoms with Gasteiger partial charge in [-0.15, -0.1) is 0 Å². The molecule has 0 fully saturated rings. The largest absolute Gasteiger partial charge is 0.425 e. The number of hydrogen-bond acceptors (Lipinski definition) is 3. The van der Waals surface area contributed by atoms with Gasteiger partial charge in [0.15, 0.2) is 0 Å². The van der Waals surface area contributed by atoms with Gasteiger partial charge in [0, 0.05) is 0 Å². The van der Waals surface area contributed by atoms with Crippen molar-refractivity contribution in [2.45, 2.75) is 61.3 Å². The van der Waals surface area contributed by atoms with Gasteiger partial charge in [0.05, 0.1) is 0 Å². The summed E-state index contributed by atoms with van der Waals surface area (Å²) >= 11 is 0. The number of alkyl halides is 18. The van der Waals surface area contributed by atoms with E-state index in [4.69, 9.17) is 0 Å². The Bertz CT molecular complexity index is 540. The lowest BCUT2D eigenvalue weighted by atomic mass is 10.2. The summed E-state index contributed by atoms with van der Waals surface area (Å²) in [5, 5.41) is 0. The molecule has 0 unspecified atom stereocenters. The van der Waals surface area contributed by atoms with Crippen LogP contribution in [0.15, 0.2) is 0 Å². The quantitative estimate of drug-likeness (QED) is 0.221. The Labute approximate surface area is 175 Å². The third-order valence-corrected chi connectivity index (χ3v) is 3.21. The van der Waals surface area contributed by atoms with E-state index in [1.54, 1.807) is 0 Å². The zero-order chi connectivity index (χ0) is 27.6. The summed E-state index contributed by atoms with van der Waals surface area (Å²) in [5.74, 6) is -17.0. The summed E-state index contributed by atoms with van der Waals surface area (Å²) in [4.78, 5) is 0. The molecule has 0 radical (unpaired) electrons. The van der Waals surface area contributed by atoms with Gasteiger partial charge in [-0.3, -0.25) is 0 Å². The molecule has 0 spiro atoms. The van der Waals surface area contributed by atoms with Crippen LogP contribution in [0.5, 0.6) is 0 Å². The van der Waals surface area contributed by atoms with Crippen LogP contribution in [0.3, 0.4) is 0 Å². The Morgan fingerprint density at radius 1 is 0.382 bits per heavy atom. The molecule has 0 saturated carbocycles. The molecular formula is C13H10F18O3. The molecule has 0 aliphatic heterocycles. The Hall–Kier alpha value is -1.38. The lowest BCUT2D eigenvalue weighted by molar-refractivity contribution is -0.354. The van der Waals surface area contributed by atoms with Gasteiger partial charge in [-0.1, -0.05) is 0 Å². The maximum Gasteiger partial charge on any atom is 0.425 e. The second kappa shape index (κ2) is 10.7. The second-order valence-electron chi connectivity index (χ2n) is 6.22. The fourth-order valence-electron chi connectivity index (χ4n) is 1.62. The van der Waals surface area contributed by atoms with Crippen molar-refractivity contribution in [1.29, 1.82) is 0 Å². The Morgan fingerprint density at radius 3 is 0.706 bits per heavy atom. The van der Waals surface area contributed by atoms with Gasteiger partial charge < -0.3 is 14.2 Å². The molecule has 0 saturated heterocycles. The summed E-state index contributed by atoms with van der Waals surface area (Å²) in [7, 11) is 0. The molecule has 206 valence electrons. The third-order valence-electron chi connectivity index (χ3n) is 3.21. The highest BCUT2D eigenvalue weighted by Crippen LogP contribution is 2.38. The van der Waals surface area contributed by atoms with Crippen molar-refractivity contribution in [2.75, 3.05) is 19.8 Å². The van der Waals surface area contributed by atoms with E-state index in [0.717, 1.165) is 0 Å². The minimum Gasteiger partial charge on any atom is -0.323 e. The first-order chi connectivity index (χ1) is 14.7. The molecule has 3 nitrogen and oxygen atoms in total. The van der Waals surface area contributed by atoms with E-state index >= 15 is 0 Å². The van der Waals surface area contributed by atoms with Crippen LogP contribution in [-0.4, -0.2) is 81.1 Å². The van der Waals surface area contributed by atoms with E-state index in [2.05, 4.69) is 14.2 Å². The molecule has 0 rings (SSSR count). The van der Waals surface area contributed by atoms with Crippen molar-refractivity contribution in [3.05, 3.63) is 0 Å². The lowest BCUT2D eigenvalue weighted by Crippen LogP contribution is -2.49. The number of hydrogen-bond donors (Lipinski definition) is 0. The summed E-state index contributed by atoms with van der Waals surface area (Å²) in [6.07, 6.45) is -34.1. The van der Waals surface area contributed by atoms with Gasteiger partial charge in [-0.25, -0.2) is 39.5 Å². The van der Waals surface area contributed by atoms with Gasteiger partial charge in [-0.05, 0) is 0 Å². The topological polar surface area (TPSA) is 27.7 Å². The fourth-order valence-corrected chi connectivity index (χ4v) is 1.62. The molecule has 34 heavy (non-hydrogen) atoms. The predicted molar refractivity (Wildman–Crippen MR) is 69.3 cm³/mol. The SMILES string of the molecule is F[C@H](C(F)(F)F)C(F)(F)COC(OCC(F)(F)[C@@H](F)C(F)(F)F)OCC(F)(F)[C@@H](F)C(F)(F)F. The molecule has 0 heterocycles. The molecule has 0 aromatic heterocycles. The van der Waals surface area contributed by atoms with Gasteiger partial charge in [-0.2, -0.15) is 39.5 Å². The van der Waals surface area contributed by atoms with Gasteiger partial charge in [0.25, 0.3) is 25.0 Å². The monoisotopic (exact) mass is 556 g/mol. The summed E-state index contributed by atoms with van der Waals surface area (Å²) in [6, 6.07) is 0. The average molecular weight is 556 g/mol. The molecule has 3 atom stereocenters. The van der Waals surface area contributed by atoms with E-state index in [-0.39, 0.29) is 0 Å². The fraction of sp³-hybridized carbons (Fsp3) is 1.00. The molecular weight excluding hydrogens is 546 g/mol. The maximum atomic E-state index is 13.1. The highest BCUT2D eigenvalue weighted by molar-refractivity contribution is 4.85. The summed E-state index contributed by atoms with van der Waals surface area (Å²) in [6.45, 7) is -12.6. The molecule has 0 aliphatic rings. The second-order valence-corrected chi connectivity index (χ2v) is 6.22. The van der Waals surface area contributed by atoms with E-state index in [9.17, 15) is 79.0 Å². The normalized spacial score (nSPS) is 17.7. The first kappa shape index (κ1) is 32.6. The highest BCUT2D eigenvalue weighted by atomic mass is 19.4. The predicted octanol–water partition coefficient (Wildman–Crippen LogP) is 5.93. The zero-order valence-electron chi connectivity index (χ0n) is 15.5. The first-order valence-electron chi connectivity index (χ1n) is 7.86. The van der Waals surface area contributed by atoms with Gasteiger partial charge >= 0.3 is 36.3 Å². The Balaban J connectivity index is 5.56. The Kier molecular flexibility index (Phi) is 10.3. The third kappa shape index (κ3) is 9.70. The van der Waals surface area contributed by atoms with Crippen LogP contribution in [0.25, 0.3) is 0 Å². The van der Waals surface area contributed by atoms with Crippen LogP contribution in [0.2, 0.25) is 0 Å². The van der Waals surface area contributed by atoms with E-state index in [0.29, 0.717) is 0 Å². The summed E-state index contributed by atoms with van der Waals surface area (Å²) in [5.41, 5.74) is 0. The zero-order valence-corrected chi connectivity index (χ0v) is 15.5. The molecule has 21 heteroatoms. The van der Waals surface area contributed by atoms with Crippen LogP contribution in [0, 0.1) is 0 Å². The maximum absolute atomic E-state index is 13.1. The minimum atomic E-state index is -6.30. The van der Waals surface area contributed by atoms with E-state index in [1.807, 2.05) is 0 Å². The lowest BCUT2D eigenvalue weighted by Gasteiger charge is -2.29. The van der Waals surface area contributed by atoms with Gasteiger partial charge in [0.1, 0.15) is 19.8 Å². The smallest absolute Gasteiger partial charge is 0.323 e. The number of rotatable bonds is 12. The molecule has 0 bridgehead atoms. The van der Waals surface area contributed by atoms with Crippen molar-refractivity contribution in [2.24, 2.45) is 0 Å². The molecule has 0 amide bonds. The first-order valence-corrected chi connectivity index (χ1v) is 7.86. The molecule has 0 aromatic rings. The molecule has 0 aromatic carbocycles. The van der Waals surface area contributed by atoms with Crippen molar-refractivity contribution in [1.82, 2.24) is 0 Å². The van der Waals surface area contributed by atoms with Crippen LogP contribution in [-0.2, 0) is 14.2 Å². The highest BCUT2D eigenvalue weighted by Gasteiger charge is 2.60. The van der Waals surface area contributed by atoms with Crippen LogP contribution < -0.4 is 0 Å². The van der Waals surface area contributed by atoms with Crippen molar-refractivity contribution >= 4 is 0 Å². The van der Waals surface area contributed by atoms with Crippen molar-refractivity contribution in [3.8, 4) is 0 Å². The van der Waals surface area contributed by atoms with E-state index < -0.39 is 81.1 Å². The van der Waals surface area contributed by atoms with E-state index in [1.165, 1.54) is 0 Å². The number of ether oxygens (including phenoxy) is 3. The van der Waals surface area contributed by atoms with Crippen LogP contribution in [0.1, 0.15) is 0 Å². The van der Waals surface area contributed by atoms with Crippen LogP contribution >= 0.6 is 0 Å². The molecule has 0 aliphatic carbocycles. The van der Waals surface area contributed by atoms with Gasteiger partial charge in [0.2, 0.25) is 0 Å². The Morgan fingerprint density at radius 2 is 0.559 bits per heavy atom. The van der Waals surface area contributed by atoms with Crippen molar-refractivity contribution < 1.29 is 93.2 Å². The van der Waals surface area contributed by atoms with Crippen molar-refractivity contribution in [3.63, 3.8) is 0 Å². The standard InChI is InChI=1S/C13H10F18O3/c14-4(11(23,24)25)8(17,18)1-32-7(33-2-9(19,20)5(15)12(26,27)28)34-3-10(21,22)6(16)13(29,30)31/h4-7H,1-3H2/t4-,5-,6+/m1/s1. The number of halogens is 18. The average Bonchev–Trinajstić information content (AvgIpc) is 2.63. The minimum absolute atomic E-state index is 2.95.